The van der Waals surface area contributed by atoms with Crippen molar-refractivity contribution in [2.75, 3.05) is 0 Å². The van der Waals surface area contributed by atoms with E-state index in [1.165, 1.54) is 30.3 Å². The number of aromatic nitrogens is 2. The van der Waals surface area contributed by atoms with Crippen molar-refractivity contribution in [1.82, 2.24) is 9.38 Å². The standard InChI is InChI=1S/C25H23FN2O4S/c1-17(2)32-22-4-3-5-23(25(22)26)33(30,31)20-10-6-18(7-11-20)8-12-21(29)19-9-13-24-27-14-15-28(24)16-19/h3-7,9-11,13-17H,8,12H2,1-2H3. The number of carbonyl (C=O) groups excluding carboxylic acids is 1. The fourth-order valence-corrected chi connectivity index (χ4v) is 4.84. The molecule has 2 heterocycles. The van der Waals surface area contributed by atoms with Crippen molar-refractivity contribution in [2.24, 2.45) is 0 Å². The minimum atomic E-state index is -4.06. The summed E-state index contributed by atoms with van der Waals surface area (Å²) in [5, 5.41) is 0. The number of fused-ring (bicyclic) bond motifs is 1. The van der Waals surface area contributed by atoms with Crippen LogP contribution in [0.25, 0.3) is 5.65 Å². The number of Topliss-reactive ketones (excluding diaryl/α,β-unsaturated/α-hetero) is 1. The molecular weight excluding hydrogens is 443 g/mol. The molecular formula is C25H23FN2O4S. The van der Waals surface area contributed by atoms with Crippen LogP contribution in [0.3, 0.4) is 0 Å². The normalized spacial score (nSPS) is 11.8. The van der Waals surface area contributed by atoms with Gasteiger partial charge in [-0.1, -0.05) is 18.2 Å². The molecule has 4 rings (SSSR count). The zero-order chi connectivity index (χ0) is 23.6. The SMILES string of the molecule is CC(C)Oc1cccc(S(=O)(=O)c2ccc(CCC(=O)c3ccc4nccn4c3)cc2)c1F. The zero-order valence-electron chi connectivity index (χ0n) is 18.2. The summed E-state index contributed by atoms with van der Waals surface area (Å²) in [6, 6.07) is 13.8. The Morgan fingerprint density at radius 2 is 1.85 bits per heavy atom. The van der Waals surface area contributed by atoms with E-state index in [0.717, 1.165) is 11.2 Å². The number of hydrogen-bond donors (Lipinski definition) is 0. The molecule has 0 spiro atoms. The van der Waals surface area contributed by atoms with Gasteiger partial charge >= 0.3 is 0 Å². The molecule has 0 amide bonds. The molecule has 4 aromatic rings. The number of halogens is 1. The van der Waals surface area contributed by atoms with Gasteiger partial charge in [-0.05, 0) is 62.2 Å². The van der Waals surface area contributed by atoms with Gasteiger partial charge in [0.2, 0.25) is 9.84 Å². The fourth-order valence-electron chi connectivity index (χ4n) is 3.49. The maximum absolute atomic E-state index is 14.8. The van der Waals surface area contributed by atoms with Crippen molar-refractivity contribution in [3.05, 3.63) is 90.1 Å². The van der Waals surface area contributed by atoms with Crippen LogP contribution in [0.2, 0.25) is 0 Å². The minimum Gasteiger partial charge on any atom is -0.488 e. The second-order valence-corrected chi connectivity index (χ2v) is 9.83. The first-order chi connectivity index (χ1) is 15.8. The van der Waals surface area contributed by atoms with E-state index in [9.17, 15) is 17.6 Å². The number of hydrogen-bond acceptors (Lipinski definition) is 5. The predicted octanol–water partition coefficient (Wildman–Crippen LogP) is 4.91. The second kappa shape index (κ2) is 9.15. The van der Waals surface area contributed by atoms with Crippen LogP contribution in [-0.4, -0.2) is 29.7 Å². The molecule has 0 radical (unpaired) electrons. The van der Waals surface area contributed by atoms with Crippen molar-refractivity contribution < 1.29 is 22.3 Å². The number of rotatable bonds is 8. The van der Waals surface area contributed by atoms with Crippen LogP contribution in [0, 0.1) is 5.82 Å². The molecule has 0 aliphatic heterocycles. The van der Waals surface area contributed by atoms with Gasteiger partial charge < -0.3 is 9.14 Å². The van der Waals surface area contributed by atoms with Crippen LogP contribution in [0.15, 0.2) is 83.0 Å². The van der Waals surface area contributed by atoms with E-state index in [-0.39, 0.29) is 29.0 Å². The number of pyridine rings is 1. The highest BCUT2D eigenvalue weighted by atomic mass is 32.2. The Morgan fingerprint density at radius 3 is 2.58 bits per heavy atom. The van der Waals surface area contributed by atoms with Gasteiger partial charge in [0, 0.05) is 30.6 Å². The molecule has 0 bridgehead atoms. The second-order valence-electron chi connectivity index (χ2n) is 7.92. The Labute approximate surface area is 191 Å². The van der Waals surface area contributed by atoms with Gasteiger partial charge in [0.15, 0.2) is 17.3 Å². The largest absolute Gasteiger partial charge is 0.488 e. The number of sulfone groups is 1. The quantitative estimate of drug-likeness (QED) is 0.345. The Balaban J connectivity index is 1.48. The summed E-state index contributed by atoms with van der Waals surface area (Å²) >= 11 is 0. The third kappa shape index (κ3) is 4.80. The minimum absolute atomic E-state index is 0.0219. The van der Waals surface area contributed by atoms with Crippen LogP contribution < -0.4 is 4.74 Å². The highest BCUT2D eigenvalue weighted by molar-refractivity contribution is 7.91. The number of benzene rings is 2. The molecule has 170 valence electrons. The third-order valence-corrected chi connectivity index (χ3v) is 6.95. The molecule has 0 N–H and O–H groups in total. The van der Waals surface area contributed by atoms with E-state index < -0.39 is 20.5 Å². The van der Waals surface area contributed by atoms with Crippen LogP contribution in [0.1, 0.15) is 36.2 Å². The number of imidazole rings is 1. The summed E-state index contributed by atoms with van der Waals surface area (Å²) < 4.78 is 47.9. The summed E-state index contributed by atoms with van der Waals surface area (Å²) in [7, 11) is -4.06. The average molecular weight is 467 g/mol. The monoisotopic (exact) mass is 466 g/mol. The molecule has 0 saturated carbocycles. The summed E-state index contributed by atoms with van der Waals surface area (Å²) in [6.45, 7) is 3.47. The maximum Gasteiger partial charge on any atom is 0.209 e. The van der Waals surface area contributed by atoms with Gasteiger partial charge in [-0.2, -0.15) is 0 Å². The lowest BCUT2D eigenvalue weighted by molar-refractivity contribution is 0.0982. The Bertz CT molecular complexity index is 1410. The van der Waals surface area contributed by atoms with Gasteiger partial charge in [0.05, 0.1) is 11.0 Å². The molecule has 0 atom stereocenters. The maximum atomic E-state index is 14.8. The van der Waals surface area contributed by atoms with Gasteiger partial charge in [-0.15, -0.1) is 0 Å². The number of aryl methyl sites for hydroxylation is 1. The van der Waals surface area contributed by atoms with Crippen LogP contribution >= 0.6 is 0 Å². The van der Waals surface area contributed by atoms with Gasteiger partial charge in [-0.3, -0.25) is 4.79 Å². The topological polar surface area (TPSA) is 77.7 Å². The molecule has 0 saturated heterocycles. The Kier molecular flexibility index (Phi) is 6.29. The first-order valence-electron chi connectivity index (χ1n) is 10.5. The predicted molar refractivity (Wildman–Crippen MR) is 122 cm³/mol. The summed E-state index contributed by atoms with van der Waals surface area (Å²) in [6.07, 6.45) is 5.62. The highest BCUT2D eigenvalue weighted by Gasteiger charge is 2.24. The molecule has 8 heteroatoms. The summed E-state index contributed by atoms with van der Waals surface area (Å²) in [5.74, 6) is -1.03. The van der Waals surface area contributed by atoms with Crippen molar-refractivity contribution >= 4 is 21.3 Å². The van der Waals surface area contributed by atoms with Crippen molar-refractivity contribution in [3.8, 4) is 5.75 Å². The van der Waals surface area contributed by atoms with E-state index in [1.807, 2.05) is 0 Å². The van der Waals surface area contributed by atoms with E-state index in [1.54, 1.807) is 61.1 Å². The number of nitrogens with zero attached hydrogens (tertiary/aromatic N) is 2. The lowest BCUT2D eigenvalue weighted by atomic mass is 10.0. The molecule has 0 aliphatic carbocycles. The van der Waals surface area contributed by atoms with Gasteiger partial charge in [0.1, 0.15) is 10.5 Å². The lowest BCUT2D eigenvalue weighted by Crippen LogP contribution is -2.10. The molecule has 33 heavy (non-hydrogen) atoms. The van der Waals surface area contributed by atoms with Crippen molar-refractivity contribution in [3.63, 3.8) is 0 Å². The van der Waals surface area contributed by atoms with E-state index in [4.69, 9.17) is 4.74 Å². The smallest absolute Gasteiger partial charge is 0.209 e. The molecule has 0 unspecified atom stereocenters. The first-order valence-corrected chi connectivity index (χ1v) is 12.0. The Morgan fingerprint density at radius 1 is 1.09 bits per heavy atom. The molecule has 6 nitrogen and oxygen atoms in total. The molecule has 0 aliphatic rings. The average Bonchev–Trinajstić information content (AvgIpc) is 3.26. The Hall–Kier alpha value is -3.52. The molecule has 2 aromatic carbocycles. The molecule has 0 fully saturated rings. The van der Waals surface area contributed by atoms with E-state index in [0.29, 0.717) is 12.0 Å². The van der Waals surface area contributed by atoms with Crippen LogP contribution in [0.4, 0.5) is 4.39 Å². The van der Waals surface area contributed by atoms with Crippen molar-refractivity contribution in [2.45, 2.75) is 42.6 Å². The van der Waals surface area contributed by atoms with Crippen LogP contribution in [-0.2, 0) is 16.3 Å². The van der Waals surface area contributed by atoms with Crippen LogP contribution in [0.5, 0.6) is 5.75 Å². The highest BCUT2D eigenvalue weighted by Crippen LogP contribution is 2.29. The fraction of sp³-hybridized carbons (Fsp3) is 0.200. The third-order valence-electron chi connectivity index (χ3n) is 5.17. The van der Waals surface area contributed by atoms with Gasteiger partial charge in [-0.25, -0.2) is 17.8 Å². The van der Waals surface area contributed by atoms with Crippen molar-refractivity contribution in [1.29, 1.82) is 0 Å². The lowest BCUT2D eigenvalue weighted by Gasteiger charge is -2.13. The zero-order valence-corrected chi connectivity index (χ0v) is 19.0. The molecule has 2 aromatic heterocycles. The first kappa shape index (κ1) is 22.7. The number of ketones is 1. The van der Waals surface area contributed by atoms with Gasteiger partial charge in [0.25, 0.3) is 0 Å². The summed E-state index contributed by atoms with van der Waals surface area (Å²) in [4.78, 5) is 16.3. The number of carbonyl (C=O) groups is 1. The summed E-state index contributed by atoms with van der Waals surface area (Å²) in [5.41, 5.74) is 2.16. The number of ether oxygens (including phenoxy) is 1. The van der Waals surface area contributed by atoms with E-state index in [2.05, 4.69) is 4.98 Å². The van der Waals surface area contributed by atoms with E-state index >= 15 is 0 Å².